The highest BCUT2D eigenvalue weighted by Gasteiger charge is 2.13. The number of hydrogen-bond acceptors (Lipinski definition) is 2. The van der Waals surface area contributed by atoms with Gasteiger partial charge in [0.2, 0.25) is 0 Å². The lowest BCUT2D eigenvalue weighted by molar-refractivity contribution is 0.288. The van der Waals surface area contributed by atoms with Gasteiger partial charge in [-0.1, -0.05) is 48.0 Å². The predicted molar refractivity (Wildman–Crippen MR) is 78.2 cm³/mol. The molecule has 1 aromatic carbocycles. The van der Waals surface area contributed by atoms with Crippen molar-refractivity contribution >= 4 is 15.9 Å². The molecule has 0 aromatic heterocycles. The van der Waals surface area contributed by atoms with Crippen molar-refractivity contribution < 1.29 is 0 Å². The van der Waals surface area contributed by atoms with Crippen LogP contribution in [0.4, 0.5) is 0 Å². The number of halogens is 1. The van der Waals surface area contributed by atoms with E-state index in [1.165, 1.54) is 10.0 Å². The number of benzene rings is 1. The van der Waals surface area contributed by atoms with E-state index >= 15 is 0 Å². The van der Waals surface area contributed by atoms with E-state index in [0.717, 1.165) is 13.1 Å². The van der Waals surface area contributed by atoms with E-state index in [1.807, 2.05) is 6.07 Å². The maximum atomic E-state index is 3.64. The Kier molecular flexibility index (Phi) is 6.17. The van der Waals surface area contributed by atoms with Gasteiger partial charge in [-0.3, -0.25) is 0 Å². The first-order valence-corrected chi connectivity index (χ1v) is 6.91. The highest BCUT2D eigenvalue weighted by atomic mass is 79.9. The lowest BCUT2D eigenvalue weighted by Gasteiger charge is -2.26. The number of hydrogen-bond donors (Lipinski definition) is 1. The molecule has 1 atom stereocenters. The Morgan fingerprint density at radius 2 is 1.88 bits per heavy atom. The van der Waals surface area contributed by atoms with Crippen molar-refractivity contribution in [1.29, 1.82) is 0 Å². The summed E-state index contributed by atoms with van der Waals surface area (Å²) >= 11 is 3.58. The Balaban J connectivity index is 2.55. The van der Waals surface area contributed by atoms with Gasteiger partial charge in [0.15, 0.2) is 0 Å². The maximum Gasteiger partial charge on any atom is 0.0220 e. The molecule has 0 heterocycles. The van der Waals surface area contributed by atoms with Gasteiger partial charge in [0, 0.05) is 23.6 Å². The molecule has 0 bridgehead atoms. The Morgan fingerprint density at radius 3 is 2.41 bits per heavy atom. The third-order valence-corrected chi connectivity index (χ3v) is 3.65. The molecule has 17 heavy (non-hydrogen) atoms. The minimum absolute atomic E-state index is 0.525. The van der Waals surface area contributed by atoms with E-state index in [-0.39, 0.29) is 0 Å². The molecule has 0 saturated heterocycles. The van der Waals surface area contributed by atoms with Crippen LogP contribution in [-0.4, -0.2) is 31.6 Å². The summed E-state index contributed by atoms with van der Waals surface area (Å²) in [5, 5.41) is 3.64. The molecule has 0 aliphatic heterocycles. The molecule has 96 valence electrons. The molecule has 1 aromatic rings. The van der Waals surface area contributed by atoms with Crippen molar-refractivity contribution in [2.45, 2.75) is 26.4 Å². The number of nitrogens with zero attached hydrogens (tertiary/aromatic N) is 1. The van der Waals surface area contributed by atoms with Crippen molar-refractivity contribution in [2.24, 2.45) is 5.92 Å². The van der Waals surface area contributed by atoms with Crippen molar-refractivity contribution in [3.8, 4) is 0 Å². The van der Waals surface area contributed by atoms with E-state index in [0.29, 0.717) is 12.0 Å². The van der Waals surface area contributed by atoms with Crippen LogP contribution in [0.15, 0.2) is 28.7 Å². The lowest BCUT2D eigenvalue weighted by Crippen LogP contribution is -2.41. The first-order valence-electron chi connectivity index (χ1n) is 6.12. The van der Waals surface area contributed by atoms with Gasteiger partial charge < -0.3 is 10.2 Å². The normalized spacial score (nSPS) is 13.4. The predicted octanol–water partition coefficient (Wildman–Crippen LogP) is 3.12. The van der Waals surface area contributed by atoms with Crippen LogP contribution in [0, 0.1) is 5.92 Å². The second-order valence-corrected chi connectivity index (χ2v) is 5.94. The van der Waals surface area contributed by atoms with E-state index < -0.39 is 0 Å². The molecule has 0 fully saturated rings. The van der Waals surface area contributed by atoms with Gasteiger partial charge in [-0.05, 0) is 31.6 Å². The summed E-state index contributed by atoms with van der Waals surface area (Å²) in [7, 11) is 4.24. The fourth-order valence-electron chi connectivity index (χ4n) is 1.79. The average molecular weight is 299 g/mol. The van der Waals surface area contributed by atoms with Gasteiger partial charge in [0.05, 0.1) is 0 Å². The van der Waals surface area contributed by atoms with E-state index in [2.05, 4.69) is 72.3 Å². The molecule has 0 spiro atoms. The zero-order valence-corrected chi connectivity index (χ0v) is 12.8. The van der Waals surface area contributed by atoms with Gasteiger partial charge >= 0.3 is 0 Å². The average Bonchev–Trinajstić information content (AvgIpc) is 2.25. The van der Waals surface area contributed by atoms with Crippen LogP contribution in [0.5, 0.6) is 0 Å². The first-order chi connectivity index (χ1) is 8.00. The van der Waals surface area contributed by atoms with Gasteiger partial charge in [0.1, 0.15) is 0 Å². The number of likely N-dealkylation sites (N-methyl/N-ethyl adjacent to an activating group) is 1. The van der Waals surface area contributed by atoms with Crippen molar-refractivity contribution in [3.63, 3.8) is 0 Å². The van der Waals surface area contributed by atoms with Crippen molar-refractivity contribution in [1.82, 2.24) is 10.2 Å². The van der Waals surface area contributed by atoms with Crippen LogP contribution >= 0.6 is 15.9 Å². The fourth-order valence-corrected chi connectivity index (χ4v) is 2.21. The topological polar surface area (TPSA) is 15.3 Å². The summed E-state index contributed by atoms with van der Waals surface area (Å²) in [5.74, 6) is 0.639. The van der Waals surface area contributed by atoms with Gasteiger partial charge in [0.25, 0.3) is 0 Å². The second-order valence-electron chi connectivity index (χ2n) is 5.09. The van der Waals surface area contributed by atoms with Gasteiger partial charge in [-0.2, -0.15) is 0 Å². The van der Waals surface area contributed by atoms with E-state index in [4.69, 9.17) is 0 Å². The minimum Gasteiger partial charge on any atom is -0.308 e. The lowest BCUT2D eigenvalue weighted by atomic mass is 10.0. The third-order valence-electron chi connectivity index (χ3n) is 2.88. The summed E-state index contributed by atoms with van der Waals surface area (Å²) in [5.41, 5.74) is 1.32. The SMILES string of the molecule is CC(C)C(CN(C)C)NCc1ccccc1Br. The summed E-state index contributed by atoms with van der Waals surface area (Å²) in [6.45, 7) is 6.52. The summed E-state index contributed by atoms with van der Waals surface area (Å²) in [6.07, 6.45) is 0. The molecular formula is C14H23BrN2. The highest BCUT2D eigenvalue weighted by molar-refractivity contribution is 9.10. The third kappa shape index (κ3) is 5.19. The van der Waals surface area contributed by atoms with Gasteiger partial charge in [-0.15, -0.1) is 0 Å². The largest absolute Gasteiger partial charge is 0.308 e. The van der Waals surface area contributed by atoms with Crippen LogP contribution in [0.2, 0.25) is 0 Å². The Labute approximate surface area is 114 Å². The molecule has 3 heteroatoms. The smallest absolute Gasteiger partial charge is 0.0220 e. The van der Waals surface area contributed by atoms with Crippen LogP contribution in [0.1, 0.15) is 19.4 Å². The van der Waals surface area contributed by atoms with Crippen LogP contribution in [0.25, 0.3) is 0 Å². The van der Waals surface area contributed by atoms with E-state index in [1.54, 1.807) is 0 Å². The van der Waals surface area contributed by atoms with Crippen molar-refractivity contribution in [3.05, 3.63) is 34.3 Å². The second kappa shape index (κ2) is 7.14. The van der Waals surface area contributed by atoms with Crippen molar-refractivity contribution in [2.75, 3.05) is 20.6 Å². The Morgan fingerprint density at radius 1 is 1.24 bits per heavy atom. The van der Waals surface area contributed by atoms with Crippen LogP contribution in [-0.2, 0) is 6.54 Å². The molecule has 1 rings (SSSR count). The summed E-state index contributed by atoms with van der Waals surface area (Å²) in [6, 6.07) is 8.90. The number of nitrogens with one attached hydrogen (secondary N) is 1. The molecule has 0 amide bonds. The summed E-state index contributed by atoms with van der Waals surface area (Å²) in [4.78, 5) is 2.23. The zero-order valence-electron chi connectivity index (χ0n) is 11.2. The highest BCUT2D eigenvalue weighted by Crippen LogP contribution is 2.16. The molecule has 0 aliphatic carbocycles. The number of rotatable bonds is 6. The van der Waals surface area contributed by atoms with Gasteiger partial charge in [-0.25, -0.2) is 0 Å². The quantitative estimate of drug-likeness (QED) is 0.868. The molecular weight excluding hydrogens is 276 g/mol. The standard InChI is InChI=1S/C14H23BrN2/c1-11(2)14(10-17(3)4)16-9-12-7-5-6-8-13(12)15/h5-8,11,14,16H,9-10H2,1-4H3. The minimum atomic E-state index is 0.525. The van der Waals surface area contributed by atoms with Crippen LogP contribution < -0.4 is 5.32 Å². The fraction of sp³-hybridized carbons (Fsp3) is 0.571. The molecule has 2 nitrogen and oxygen atoms in total. The Hall–Kier alpha value is -0.380. The Bertz CT molecular complexity index is 337. The zero-order chi connectivity index (χ0) is 12.8. The molecule has 1 N–H and O–H groups in total. The van der Waals surface area contributed by atoms with Crippen LogP contribution in [0.3, 0.4) is 0 Å². The van der Waals surface area contributed by atoms with E-state index in [9.17, 15) is 0 Å². The molecule has 0 aliphatic rings. The molecule has 1 unspecified atom stereocenters. The molecule has 0 radical (unpaired) electrons. The summed E-state index contributed by atoms with van der Waals surface area (Å²) < 4.78 is 1.18. The maximum absolute atomic E-state index is 3.64. The first kappa shape index (κ1) is 14.7. The monoisotopic (exact) mass is 298 g/mol. The molecule has 0 saturated carbocycles.